The fourth-order valence-corrected chi connectivity index (χ4v) is 8.60. The van der Waals surface area contributed by atoms with E-state index in [1.54, 1.807) is 0 Å². The second-order valence-corrected chi connectivity index (χ2v) is 20.5. The minimum atomic E-state index is -0.801. The van der Waals surface area contributed by atoms with Gasteiger partial charge in [-0.15, -0.1) is 0 Å². The van der Waals surface area contributed by atoms with Gasteiger partial charge in [0.25, 0.3) is 0 Å². The van der Waals surface area contributed by atoms with E-state index < -0.39 is 6.10 Å². The third kappa shape index (κ3) is 60.8. The summed E-state index contributed by atoms with van der Waals surface area (Å²) in [6.07, 6.45) is 85.3. The fourth-order valence-electron chi connectivity index (χ4n) is 8.60. The molecule has 0 rings (SSSR count). The summed E-state index contributed by atoms with van der Waals surface area (Å²) >= 11 is 0. The van der Waals surface area contributed by atoms with Gasteiger partial charge >= 0.3 is 17.9 Å². The number of carbonyl (C=O) groups is 3. The second-order valence-electron chi connectivity index (χ2n) is 20.5. The maximum Gasteiger partial charge on any atom is 0.306 e. The zero-order valence-corrected chi connectivity index (χ0v) is 49.0. The molecule has 0 saturated carbocycles. The third-order valence-electron chi connectivity index (χ3n) is 13.2. The van der Waals surface area contributed by atoms with Crippen LogP contribution in [-0.4, -0.2) is 37.2 Å². The molecule has 0 radical (unpaired) electrons. The molecule has 428 valence electrons. The van der Waals surface area contributed by atoms with Crippen molar-refractivity contribution in [1.82, 2.24) is 0 Å². The zero-order valence-electron chi connectivity index (χ0n) is 49.0. The summed E-state index contributed by atoms with van der Waals surface area (Å²) < 4.78 is 16.9. The van der Waals surface area contributed by atoms with Crippen LogP contribution in [0.15, 0.2) is 109 Å². The van der Waals surface area contributed by atoms with Gasteiger partial charge in [-0.1, -0.05) is 259 Å². The van der Waals surface area contributed by atoms with E-state index in [0.29, 0.717) is 19.3 Å². The molecule has 0 bridgehead atoms. The molecule has 6 nitrogen and oxygen atoms in total. The standard InChI is InChI=1S/C69H116O6/c1-4-7-10-13-16-19-22-25-27-29-31-32-33-34-35-36-38-39-41-44-47-50-53-56-59-62-68(71)74-65-66(64-73-67(70)61-58-55-52-49-46-43-24-21-18-15-12-9-6-3)75-69(72)63-60-57-54-51-48-45-42-40-37-30-28-26-23-20-17-14-11-8-5-2/h8-9,11-12,17-18,20-22,25-26,28-29,31,37,40,43,46,66H,4-7,10,13-16,19,23-24,27,30,32-36,38-39,41-42,44-45,47-65H2,1-3H3/b11-8-,12-9-,20-17-,21-18-,25-22-,28-26-,31-29-,40-37-,46-43-. The van der Waals surface area contributed by atoms with E-state index in [4.69, 9.17) is 14.2 Å². The first kappa shape index (κ1) is 71.1. The van der Waals surface area contributed by atoms with Crippen LogP contribution in [-0.2, 0) is 28.6 Å². The number of ether oxygens (including phenoxy) is 3. The van der Waals surface area contributed by atoms with E-state index in [9.17, 15) is 14.4 Å². The van der Waals surface area contributed by atoms with Crippen molar-refractivity contribution in [2.75, 3.05) is 13.2 Å². The molecule has 6 heteroatoms. The van der Waals surface area contributed by atoms with E-state index in [1.165, 1.54) is 122 Å². The highest BCUT2D eigenvalue weighted by atomic mass is 16.6. The van der Waals surface area contributed by atoms with Crippen LogP contribution in [0.4, 0.5) is 0 Å². The summed E-state index contributed by atoms with van der Waals surface area (Å²) in [5.74, 6) is -0.935. The minimum Gasteiger partial charge on any atom is -0.462 e. The summed E-state index contributed by atoms with van der Waals surface area (Å²) in [6, 6.07) is 0. The van der Waals surface area contributed by atoms with Crippen LogP contribution < -0.4 is 0 Å². The lowest BCUT2D eigenvalue weighted by Crippen LogP contribution is -2.30. The van der Waals surface area contributed by atoms with Gasteiger partial charge in [-0.05, 0) is 122 Å². The smallest absolute Gasteiger partial charge is 0.306 e. The van der Waals surface area contributed by atoms with Crippen LogP contribution in [0.25, 0.3) is 0 Å². The Balaban J connectivity index is 4.35. The van der Waals surface area contributed by atoms with Crippen molar-refractivity contribution in [2.24, 2.45) is 0 Å². The van der Waals surface area contributed by atoms with Gasteiger partial charge in [-0.2, -0.15) is 0 Å². The van der Waals surface area contributed by atoms with Gasteiger partial charge in [-0.3, -0.25) is 14.4 Å². The Morgan fingerprint density at radius 1 is 0.280 bits per heavy atom. The molecule has 0 heterocycles. The SMILES string of the molecule is CC/C=C\C/C=C\C/C=C\C/C=C\CCCCCCCCC(=O)OC(COC(=O)CCCCC/C=C\C/C=C\C/C=C\CC)COC(=O)CCCCCCCCCCCCCCC/C=C\C/C=C\CCCCCCC. The molecule has 0 amide bonds. The summed E-state index contributed by atoms with van der Waals surface area (Å²) in [4.78, 5) is 38.3. The second kappa shape index (κ2) is 62.6. The van der Waals surface area contributed by atoms with E-state index >= 15 is 0 Å². The van der Waals surface area contributed by atoms with E-state index in [0.717, 1.165) is 128 Å². The molecule has 0 saturated heterocycles. The van der Waals surface area contributed by atoms with Gasteiger partial charge < -0.3 is 14.2 Å². The van der Waals surface area contributed by atoms with Gasteiger partial charge in [0.05, 0.1) is 0 Å². The largest absolute Gasteiger partial charge is 0.462 e. The van der Waals surface area contributed by atoms with Crippen LogP contribution in [0.3, 0.4) is 0 Å². The van der Waals surface area contributed by atoms with Gasteiger partial charge in [0.1, 0.15) is 13.2 Å². The van der Waals surface area contributed by atoms with Crippen LogP contribution >= 0.6 is 0 Å². The highest BCUT2D eigenvalue weighted by Gasteiger charge is 2.19. The average molecular weight is 1040 g/mol. The minimum absolute atomic E-state index is 0.0944. The number of esters is 3. The third-order valence-corrected chi connectivity index (χ3v) is 13.2. The molecule has 75 heavy (non-hydrogen) atoms. The molecule has 0 aliphatic rings. The maximum absolute atomic E-state index is 12.9. The molecule has 1 atom stereocenters. The molecular formula is C69H116O6. The summed E-state index contributed by atoms with van der Waals surface area (Å²) in [7, 11) is 0. The normalized spacial score (nSPS) is 12.8. The van der Waals surface area contributed by atoms with Gasteiger partial charge in [-0.25, -0.2) is 0 Å². The highest BCUT2D eigenvalue weighted by molar-refractivity contribution is 5.71. The van der Waals surface area contributed by atoms with Crippen molar-refractivity contribution in [2.45, 2.75) is 297 Å². The summed E-state index contributed by atoms with van der Waals surface area (Å²) in [6.45, 7) is 6.38. The number of carbonyl (C=O) groups excluding carboxylic acids is 3. The first-order valence-electron chi connectivity index (χ1n) is 31.4. The summed E-state index contributed by atoms with van der Waals surface area (Å²) in [5.41, 5.74) is 0. The molecule has 1 unspecified atom stereocenters. The maximum atomic E-state index is 12.9. The fraction of sp³-hybridized carbons (Fsp3) is 0.696. The molecule has 0 N–H and O–H groups in total. The summed E-state index contributed by atoms with van der Waals surface area (Å²) in [5, 5.41) is 0. The average Bonchev–Trinajstić information content (AvgIpc) is 3.41. The lowest BCUT2D eigenvalue weighted by Gasteiger charge is -2.18. The Labute approximate surface area is 463 Å². The molecule has 0 aromatic heterocycles. The van der Waals surface area contributed by atoms with Crippen molar-refractivity contribution in [3.63, 3.8) is 0 Å². The van der Waals surface area contributed by atoms with Crippen molar-refractivity contribution < 1.29 is 28.6 Å². The van der Waals surface area contributed by atoms with E-state index in [-0.39, 0.29) is 31.1 Å². The van der Waals surface area contributed by atoms with Crippen LogP contribution in [0, 0.1) is 0 Å². The number of hydrogen-bond acceptors (Lipinski definition) is 6. The zero-order chi connectivity index (χ0) is 54.3. The Morgan fingerprint density at radius 2 is 0.520 bits per heavy atom. The van der Waals surface area contributed by atoms with E-state index in [2.05, 4.69) is 130 Å². The number of rotatable bonds is 56. The van der Waals surface area contributed by atoms with Crippen molar-refractivity contribution in [1.29, 1.82) is 0 Å². The highest BCUT2D eigenvalue weighted by Crippen LogP contribution is 2.16. The van der Waals surface area contributed by atoms with Gasteiger partial charge in [0, 0.05) is 19.3 Å². The van der Waals surface area contributed by atoms with Crippen LogP contribution in [0.5, 0.6) is 0 Å². The number of hydrogen-bond donors (Lipinski definition) is 0. The Bertz CT molecular complexity index is 1520. The molecule has 0 fully saturated rings. The quantitative estimate of drug-likeness (QED) is 0.0261. The topological polar surface area (TPSA) is 78.9 Å². The lowest BCUT2D eigenvalue weighted by molar-refractivity contribution is -0.167. The van der Waals surface area contributed by atoms with Crippen LogP contribution in [0.1, 0.15) is 290 Å². The molecule has 0 aliphatic carbocycles. The molecule has 0 aromatic rings. The van der Waals surface area contributed by atoms with Gasteiger partial charge in [0.15, 0.2) is 6.10 Å². The Hall–Kier alpha value is -3.93. The number of unbranched alkanes of at least 4 members (excludes halogenated alkanes) is 27. The predicted octanol–water partition coefficient (Wildman–Crippen LogP) is 21.4. The molecular weight excluding hydrogens is 925 g/mol. The van der Waals surface area contributed by atoms with E-state index in [1.807, 2.05) is 0 Å². The monoisotopic (exact) mass is 1040 g/mol. The molecule has 0 spiro atoms. The van der Waals surface area contributed by atoms with Gasteiger partial charge in [0.2, 0.25) is 0 Å². The van der Waals surface area contributed by atoms with Crippen molar-refractivity contribution in [3.8, 4) is 0 Å². The van der Waals surface area contributed by atoms with Crippen LogP contribution in [0.2, 0.25) is 0 Å². The first-order valence-corrected chi connectivity index (χ1v) is 31.4. The lowest BCUT2D eigenvalue weighted by atomic mass is 10.0. The van der Waals surface area contributed by atoms with Crippen molar-refractivity contribution in [3.05, 3.63) is 109 Å². The Morgan fingerprint density at radius 3 is 0.827 bits per heavy atom. The molecule has 0 aromatic carbocycles. The molecule has 0 aliphatic heterocycles. The predicted molar refractivity (Wildman–Crippen MR) is 325 cm³/mol. The van der Waals surface area contributed by atoms with Crippen molar-refractivity contribution >= 4 is 17.9 Å². The number of allylic oxidation sites excluding steroid dienone is 18. The Kier molecular flexibility index (Phi) is 59.3. The first-order chi connectivity index (χ1) is 37.0.